The minimum Gasteiger partial charge on any atom is -0.383 e. The summed E-state index contributed by atoms with van der Waals surface area (Å²) >= 11 is 0. The highest BCUT2D eigenvalue weighted by molar-refractivity contribution is 5.89. The molecule has 2 unspecified atom stereocenters. The molecule has 1 spiro atoms. The van der Waals surface area contributed by atoms with Crippen molar-refractivity contribution in [2.24, 2.45) is 0 Å². The molecule has 1 saturated heterocycles. The summed E-state index contributed by atoms with van der Waals surface area (Å²) in [4.78, 5) is 14.8. The Morgan fingerprint density at radius 2 is 2.17 bits per heavy atom. The van der Waals surface area contributed by atoms with Crippen LogP contribution in [0.3, 0.4) is 0 Å². The Morgan fingerprint density at radius 3 is 2.72 bits per heavy atom. The zero-order valence-electron chi connectivity index (χ0n) is 11.9. The zero-order chi connectivity index (χ0) is 13.2. The maximum atomic E-state index is 12.7. The normalized spacial score (nSPS) is 28.3. The quantitative estimate of drug-likeness (QED) is 0.814. The lowest BCUT2D eigenvalue weighted by atomic mass is 9.97. The predicted molar refractivity (Wildman–Crippen MR) is 71.2 cm³/mol. The van der Waals surface area contributed by atoms with Gasteiger partial charge in [0.25, 0.3) is 0 Å². The van der Waals surface area contributed by atoms with Crippen molar-refractivity contribution in [3.8, 4) is 0 Å². The third kappa shape index (κ3) is 2.28. The van der Waals surface area contributed by atoms with Crippen molar-refractivity contribution in [3.63, 3.8) is 0 Å². The molecule has 1 heterocycles. The van der Waals surface area contributed by atoms with E-state index in [2.05, 4.69) is 19.2 Å². The first-order valence-corrected chi connectivity index (χ1v) is 7.24. The van der Waals surface area contributed by atoms with E-state index in [0.29, 0.717) is 12.5 Å². The van der Waals surface area contributed by atoms with Gasteiger partial charge in [0.2, 0.25) is 5.91 Å². The number of amides is 1. The summed E-state index contributed by atoms with van der Waals surface area (Å²) in [5.74, 6) is 0.308. The second-order valence-electron chi connectivity index (χ2n) is 5.72. The highest BCUT2D eigenvalue weighted by Crippen LogP contribution is 2.37. The van der Waals surface area contributed by atoms with Crippen LogP contribution in [0.1, 0.15) is 52.4 Å². The van der Waals surface area contributed by atoms with E-state index in [4.69, 9.17) is 4.74 Å². The number of methoxy groups -OCH3 is 1. The first kappa shape index (κ1) is 13.8. The molecule has 2 rings (SSSR count). The Kier molecular flexibility index (Phi) is 4.28. The van der Waals surface area contributed by atoms with Crippen molar-refractivity contribution < 1.29 is 9.53 Å². The van der Waals surface area contributed by atoms with Gasteiger partial charge in [-0.3, -0.25) is 10.1 Å². The third-order valence-electron chi connectivity index (χ3n) is 4.38. The van der Waals surface area contributed by atoms with Crippen molar-refractivity contribution in [2.75, 3.05) is 13.7 Å². The summed E-state index contributed by atoms with van der Waals surface area (Å²) in [7, 11) is 1.71. The number of hydrogen-bond acceptors (Lipinski definition) is 3. The highest BCUT2D eigenvalue weighted by Gasteiger charge is 2.52. The maximum Gasteiger partial charge on any atom is 0.244 e. The van der Waals surface area contributed by atoms with Crippen molar-refractivity contribution in [2.45, 2.75) is 70.1 Å². The Hall–Kier alpha value is -0.610. The largest absolute Gasteiger partial charge is 0.383 e. The molecule has 2 fully saturated rings. The summed E-state index contributed by atoms with van der Waals surface area (Å²) in [6.07, 6.45) is 6.57. The number of carbonyl (C=O) groups is 1. The number of rotatable bonds is 5. The van der Waals surface area contributed by atoms with Crippen LogP contribution < -0.4 is 5.32 Å². The maximum absolute atomic E-state index is 12.7. The molecule has 104 valence electrons. The van der Waals surface area contributed by atoms with Crippen LogP contribution in [0.2, 0.25) is 0 Å². The van der Waals surface area contributed by atoms with E-state index in [0.717, 1.165) is 25.7 Å². The fraction of sp³-hybridized carbons (Fsp3) is 0.929. The number of nitrogens with one attached hydrogen (secondary N) is 1. The number of hydrogen-bond donors (Lipinski definition) is 1. The summed E-state index contributed by atoms with van der Waals surface area (Å²) < 4.78 is 5.30. The molecule has 18 heavy (non-hydrogen) atoms. The highest BCUT2D eigenvalue weighted by atomic mass is 16.5. The van der Waals surface area contributed by atoms with Gasteiger partial charge in [-0.05, 0) is 26.2 Å². The van der Waals surface area contributed by atoms with Gasteiger partial charge in [-0.25, -0.2) is 0 Å². The number of ether oxygens (including phenoxy) is 1. The lowest BCUT2D eigenvalue weighted by Crippen LogP contribution is -2.47. The van der Waals surface area contributed by atoms with Gasteiger partial charge in [0.1, 0.15) is 0 Å². The molecule has 0 bridgehead atoms. The van der Waals surface area contributed by atoms with Gasteiger partial charge in [0, 0.05) is 7.11 Å². The molecule has 1 amide bonds. The molecule has 4 heteroatoms. The molecule has 0 radical (unpaired) electrons. The van der Waals surface area contributed by atoms with Crippen LogP contribution in [0.15, 0.2) is 0 Å². The smallest absolute Gasteiger partial charge is 0.244 e. The Bertz CT molecular complexity index is 294. The second kappa shape index (κ2) is 5.57. The van der Waals surface area contributed by atoms with Crippen LogP contribution in [-0.4, -0.2) is 42.3 Å². The number of carbonyl (C=O) groups excluding carboxylic acids is 1. The first-order valence-electron chi connectivity index (χ1n) is 7.24. The Balaban J connectivity index is 2.14. The molecular weight excluding hydrogens is 228 g/mol. The molecule has 1 aliphatic heterocycles. The summed E-state index contributed by atoms with van der Waals surface area (Å²) in [5.41, 5.74) is -0.251. The minimum atomic E-state index is -0.251. The van der Waals surface area contributed by atoms with Crippen LogP contribution >= 0.6 is 0 Å². The predicted octanol–water partition coefficient (Wildman–Crippen LogP) is 1.89. The van der Waals surface area contributed by atoms with Gasteiger partial charge in [-0.15, -0.1) is 0 Å². The van der Waals surface area contributed by atoms with E-state index in [1.807, 2.05) is 4.90 Å². The fourth-order valence-electron chi connectivity index (χ4n) is 3.60. The van der Waals surface area contributed by atoms with E-state index in [9.17, 15) is 4.79 Å². The van der Waals surface area contributed by atoms with Crippen LogP contribution in [-0.2, 0) is 9.53 Å². The van der Waals surface area contributed by atoms with Crippen molar-refractivity contribution >= 4 is 5.91 Å². The molecule has 2 aliphatic rings. The van der Waals surface area contributed by atoms with Gasteiger partial charge in [-0.2, -0.15) is 0 Å². The van der Waals surface area contributed by atoms with E-state index in [1.165, 1.54) is 12.8 Å². The molecule has 1 saturated carbocycles. The van der Waals surface area contributed by atoms with Gasteiger partial charge in [0.05, 0.1) is 24.4 Å². The van der Waals surface area contributed by atoms with Crippen LogP contribution in [0.4, 0.5) is 0 Å². The first-order chi connectivity index (χ1) is 8.64. The minimum absolute atomic E-state index is 0.141. The van der Waals surface area contributed by atoms with E-state index < -0.39 is 0 Å². The average molecular weight is 254 g/mol. The summed E-state index contributed by atoms with van der Waals surface area (Å²) in [5, 5.41) is 3.55. The lowest BCUT2D eigenvalue weighted by molar-refractivity contribution is -0.136. The molecule has 4 nitrogen and oxygen atoms in total. The fourth-order valence-corrected chi connectivity index (χ4v) is 3.60. The second-order valence-corrected chi connectivity index (χ2v) is 5.72. The topological polar surface area (TPSA) is 41.6 Å². The third-order valence-corrected chi connectivity index (χ3v) is 4.38. The van der Waals surface area contributed by atoms with E-state index in [-0.39, 0.29) is 17.7 Å². The molecule has 2 atom stereocenters. The average Bonchev–Trinajstić information content (AvgIpc) is 2.87. The zero-order valence-corrected chi connectivity index (χ0v) is 11.9. The van der Waals surface area contributed by atoms with Crippen molar-refractivity contribution in [1.29, 1.82) is 0 Å². The van der Waals surface area contributed by atoms with Gasteiger partial charge < -0.3 is 9.64 Å². The van der Waals surface area contributed by atoms with E-state index in [1.54, 1.807) is 7.11 Å². The Labute approximate surface area is 110 Å². The van der Waals surface area contributed by atoms with Crippen LogP contribution in [0.5, 0.6) is 0 Å². The number of nitrogens with zero attached hydrogens (tertiary/aromatic N) is 1. The monoisotopic (exact) mass is 254 g/mol. The van der Waals surface area contributed by atoms with Gasteiger partial charge in [-0.1, -0.05) is 26.2 Å². The summed E-state index contributed by atoms with van der Waals surface area (Å²) in [6, 6.07) is 0.218. The molecule has 1 aliphatic carbocycles. The molecule has 0 aromatic rings. The van der Waals surface area contributed by atoms with Crippen molar-refractivity contribution in [1.82, 2.24) is 10.2 Å². The SMILES string of the molecule is CCCC(COC)N1C(=O)C2(CCCC2)NC1C. The standard InChI is InChI=1S/C14H26N2O2/c1-4-7-12(10-18-3)16-11(2)15-14(13(16)17)8-5-6-9-14/h11-12,15H,4-10H2,1-3H3. The van der Waals surface area contributed by atoms with Gasteiger partial charge in [0.15, 0.2) is 0 Å². The van der Waals surface area contributed by atoms with Crippen molar-refractivity contribution in [3.05, 3.63) is 0 Å². The summed E-state index contributed by atoms with van der Waals surface area (Å²) in [6.45, 7) is 4.90. The van der Waals surface area contributed by atoms with Gasteiger partial charge >= 0.3 is 0 Å². The molecule has 1 N–H and O–H groups in total. The lowest BCUT2D eigenvalue weighted by Gasteiger charge is -2.31. The molecular formula is C14H26N2O2. The van der Waals surface area contributed by atoms with Crippen LogP contribution in [0, 0.1) is 0 Å². The Morgan fingerprint density at radius 1 is 1.50 bits per heavy atom. The van der Waals surface area contributed by atoms with Crippen LogP contribution in [0.25, 0.3) is 0 Å². The molecule has 0 aromatic heterocycles. The van der Waals surface area contributed by atoms with E-state index >= 15 is 0 Å². The molecule has 0 aromatic carbocycles.